The van der Waals surface area contributed by atoms with Gasteiger partial charge < -0.3 is 15.4 Å². The highest BCUT2D eigenvalue weighted by Gasteiger charge is 2.27. The number of carbonyl (C=O) groups is 1. The fourth-order valence-electron chi connectivity index (χ4n) is 2.38. The molecule has 0 bridgehead atoms. The van der Waals surface area contributed by atoms with Crippen LogP contribution in [0.2, 0.25) is 0 Å². The summed E-state index contributed by atoms with van der Waals surface area (Å²) in [6, 6.07) is 1.94. The number of thiophene rings is 1. The molecule has 2 unspecified atom stereocenters. The van der Waals surface area contributed by atoms with E-state index in [4.69, 9.17) is 10.5 Å². The van der Waals surface area contributed by atoms with E-state index in [9.17, 15) is 4.79 Å². The van der Waals surface area contributed by atoms with Crippen molar-refractivity contribution < 1.29 is 9.53 Å². The summed E-state index contributed by atoms with van der Waals surface area (Å²) in [5, 5.41) is 0. The highest BCUT2D eigenvalue weighted by atomic mass is 79.9. The predicted molar refractivity (Wildman–Crippen MR) is 88.1 cm³/mol. The third-order valence-corrected chi connectivity index (χ3v) is 5.34. The summed E-state index contributed by atoms with van der Waals surface area (Å²) >= 11 is 4.83. The number of ether oxygens (including phenoxy) is 1. The number of halogens is 2. The molecule has 2 heterocycles. The molecule has 0 aliphatic carbocycles. The van der Waals surface area contributed by atoms with E-state index in [2.05, 4.69) is 15.9 Å². The first-order valence-corrected chi connectivity index (χ1v) is 8.02. The van der Waals surface area contributed by atoms with Gasteiger partial charge in [-0.2, -0.15) is 0 Å². The number of rotatable bonds is 3. The maximum absolute atomic E-state index is 12.5. The van der Waals surface area contributed by atoms with Crippen LogP contribution in [0.25, 0.3) is 0 Å². The van der Waals surface area contributed by atoms with E-state index in [1.54, 1.807) is 13.2 Å². The summed E-state index contributed by atoms with van der Waals surface area (Å²) in [5.41, 5.74) is 5.96. The van der Waals surface area contributed by atoms with E-state index in [0.717, 1.165) is 29.7 Å². The van der Waals surface area contributed by atoms with Crippen molar-refractivity contribution in [3.05, 3.63) is 14.7 Å². The molecule has 1 aliphatic heterocycles. The van der Waals surface area contributed by atoms with Gasteiger partial charge in [0.2, 0.25) is 0 Å². The molecule has 114 valence electrons. The second kappa shape index (κ2) is 7.64. The van der Waals surface area contributed by atoms with Gasteiger partial charge in [0.15, 0.2) is 0 Å². The summed E-state index contributed by atoms with van der Waals surface area (Å²) in [6.07, 6.45) is 2.14. The maximum atomic E-state index is 12.5. The zero-order valence-corrected chi connectivity index (χ0v) is 14.8. The molecule has 2 atom stereocenters. The quantitative estimate of drug-likeness (QED) is 0.872. The number of carbonyl (C=O) groups excluding carboxylic acids is 1. The predicted octanol–water partition coefficient (Wildman–Crippen LogP) is 3.14. The monoisotopic (exact) mass is 382 g/mol. The molecule has 7 heteroatoms. The summed E-state index contributed by atoms with van der Waals surface area (Å²) in [7, 11) is 1.61. The lowest BCUT2D eigenvalue weighted by atomic mass is 9.92. The minimum atomic E-state index is 0. The van der Waals surface area contributed by atoms with Gasteiger partial charge in [0, 0.05) is 25.2 Å². The number of methoxy groups -OCH3 is 1. The van der Waals surface area contributed by atoms with Crippen molar-refractivity contribution in [3.8, 4) is 5.75 Å². The molecular formula is C13H20BrClN2O2S. The first kappa shape index (κ1) is 17.8. The lowest BCUT2D eigenvalue weighted by Gasteiger charge is -2.34. The third-order valence-electron chi connectivity index (χ3n) is 3.57. The molecule has 1 aromatic heterocycles. The molecule has 1 amide bonds. The van der Waals surface area contributed by atoms with Crippen molar-refractivity contribution in [2.75, 3.05) is 20.2 Å². The second-order valence-electron chi connectivity index (χ2n) is 4.97. The molecule has 1 aliphatic rings. The lowest BCUT2D eigenvalue weighted by Crippen LogP contribution is -2.44. The van der Waals surface area contributed by atoms with Gasteiger partial charge in [0.1, 0.15) is 9.54 Å². The number of nitrogens with zero attached hydrogens (tertiary/aromatic N) is 1. The zero-order valence-electron chi connectivity index (χ0n) is 11.6. The molecule has 1 aromatic rings. The van der Waals surface area contributed by atoms with E-state index in [1.807, 2.05) is 11.8 Å². The summed E-state index contributed by atoms with van der Waals surface area (Å²) in [5.74, 6) is 1.21. The molecule has 20 heavy (non-hydrogen) atoms. The van der Waals surface area contributed by atoms with Crippen LogP contribution in [-0.4, -0.2) is 37.0 Å². The molecule has 0 aromatic carbocycles. The standard InChI is InChI=1S/C13H19BrN2O2S.ClH/c1-8(15)9-4-3-5-16(7-9)13(17)11-6-10(18-2)12(14)19-11;/h6,8-9H,3-5,7,15H2,1-2H3;1H. The van der Waals surface area contributed by atoms with Crippen LogP contribution in [0.3, 0.4) is 0 Å². The number of hydrogen-bond acceptors (Lipinski definition) is 4. The fourth-order valence-corrected chi connectivity index (χ4v) is 3.99. The average molecular weight is 384 g/mol. The van der Waals surface area contributed by atoms with Crippen LogP contribution >= 0.6 is 39.7 Å². The van der Waals surface area contributed by atoms with Crippen molar-refractivity contribution in [2.45, 2.75) is 25.8 Å². The van der Waals surface area contributed by atoms with Crippen molar-refractivity contribution in [1.82, 2.24) is 4.90 Å². The van der Waals surface area contributed by atoms with Gasteiger partial charge in [-0.15, -0.1) is 23.7 Å². The summed E-state index contributed by atoms with van der Waals surface area (Å²) in [6.45, 7) is 3.59. The lowest BCUT2D eigenvalue weighted by molar-refractivity contribution is 0.0665. The van der Waals surface area contributed by atoms with Crippen LogP contribution in [0, 0.1) is 5.92 Å². The molecule has 1 saturated heterocycles. The first-order valence-electron chi connectivity index (χ1n) is 6.41. The average Bonchev–Trinajstić information content (AvgIpc) is 2.79. The van der Waals surface area contributed by atoms with E-state index in [-0.39, 0.29) is 24.4 Å². The molecule has 2 N–H and O–H groups in total. The van der Waals surface area contributed by atoms with Crippen LogP contribution in [0.1, 0.15) is 29.4 Å². The summed E-state index contributed by atoms with van der Waals surface area (Å²) < 4.78 is 6.06. The van der Waals surface area contributed by atoms with Crippen molar-refractivity contribution in [3.63, 3.8) is 0 Å². The Labute approximate surface area is 138 Å². The van der Waals surface area contributed by atoms with Crippen LogP contribution in [-0.2, 0) is 0 Å². The van der Waals surface area contributed by atoms with Gasteiger partial charge in [0.05, 0.1) is 12.0 Å². The minimum Gasteiger partial charge on any atom is -0.495 e. The zero-order chi connectivity index (χ0) is 14.0. The van der Waals surface area contributed by atoms with Crippen LogP contribution < -0.4 is 10.5 Å². The van der Waals surface area contributed by atoms with Gasteiger partial charge in [-0.25, -0.2) is 0 Å². The Morgan fingerprint density at radius 2 is 2.35 bits per heavy atom. The number of nitrogens with two attached hydrogens (primary N) is 1. The van der Waals surface area contributed by atoms with Crippen LogP contribution in [0.4, 0.5) is 0 Å². The minimum absolute atomic E-state index is 0. The molecular weight excluding hydrogens is 364 g/mol. The maximum Gasteiger partial charge on any atom is 0.264 e. The normalized spacial score (nSPS) is 20.2. The van der Waals surface area contributed by atoms with Crippen molar-refractivity contribution >= 4 is 45.6 Å². The Morgan fingerprint density at radius 1 is 1.65 bits per heavy atom. The first-order chi connectivity index (χ1) is 9.02. The number of hydrogen-bond donors (Lipinski definition) is 1. The van der Waals surface area contributed by atoms with Gasteiger partial charge >= 0.3 is 0 Å². The molecule has 4 nitrogen and oxygen atoms in total. The topological polar surface area (TPSA) is 55.6 Å². The van der Waals surface area contributed by atoms with E-state index >= 15 is 0 Å². The fraction of sp³-hybridized carbons (Fsp3) is 0.615. The van der Waals surface area contributed by atoms with Crippen molar-refractivity contribution in [2.24, 2.45) is 11.7 Å². The SMILES string of the molecule is COc1cc(C(=O)N2CCCC(C(C)N)C2)sc1Br.Cl. The van der Waals surface area contributed by atoms with Gasteiger partial charge in [-0.1, -0.05) is 0 Å². The smallest absolute Gasteiger partial charge is 0.264 e. The summed E-state index contributed by atoms with van der Waals surface area (Å²) in [4.78, 5) is 15.1. The number of piperidine rings is 1. The van der Waals surface area contributed by atoms with Gasteiger partial charge in [0.25, 0.3) is 5.91 Å². The molecule has 0 radical (unpaired) electrons. The van der Waals surface area contributed by atoms with E-state index < -0.39 is 0 Å². The Bertz CT molecular complexity index is 467. The van der Waals surface area contributed by atoms with E-state index in [0.29, 0.717) is 16.5 Å². The van der Waals surface area contributed by atoms with Gasteiger partial charge in [-0.3, -0.25) is 4.79 Å². The number of likely N-dealkylation sites (tertiary alicyclic amines) is 1. The van der Waals surface area contributed by atoms with Gasteiger partial charge in [-0.05, 0) is 41.6 Å². The Morgan fingerprint density at radius 3 is 2.90 bits per heavy atom. The Balaban J connectivity index is 0.00000200. The Kier molecular flexibility index (Phi) is 6.78. The van der Waals surface area contributed by atoms with Crippen LogP contribution in [0.5, 0.6) is 5.75 Å². The van der Waals surface area contributed by atoms with Crippen LogP contribution in [0.15, 0.2) is 9.85 Å². The second-order valence-corrected chi connectivity index (χ2v) is 7.34. The largest absolute Gasteiger partial charge is 0.495 e. The molecule has 2 rings (SSSR count). The third kappa shape index (κ3) is 3.87. The highest BCUT2D eigenvalue weighted by molar-refractivity contribution is 9.11. The number of amides is 1. The molecule has 0 saturated carbocycles. The van der Waals surface area contributed by atoms with E-state index in [1.165, 1.54) is 11.3 Å². The highest BCUT2D eigenvalue weighted by Crippen LogP contribution is 2.35. The van der Waals surface area contributed by atoms with Crippen molar-refractivity contribution in [1.29, 1.82) is 0 Å². The molecule has 1 fully saturated rings. The Hall–Kier alpha value is -0.300. The molecule has 0 spiro atoms.